The predicted molar refractivity (Wildman–Crippen MR) is 101 cm³/mol. The Morgan fingerprint density at radius 1 is 0.880 bits per heavy atom. The molecule has 0 N–H and O–H groups in total. The number of nitrogens with zero attached hydrogens (tertiary/aromatic N) is 3. The van der Waals surface area contributed by atoms with Crippen LogP contribution in [0.3, 0.4) is 0 Å². The minimum atomic E-state index is -0.674. The van der Waals surface area contributed by atoms with E-state index in [2.05, 4.69) is 34.1 Å². The summed E-state index contributed by atoms with van der Waals surface area (Å²) in [4.78, 5) is 15.6. The van der Waals surface area contributed by atoms with Gasteiger partial charge in [0.05, 0.1) is 10.5 Å². The van der Waals surface area contributed by atoms with Crippen molar-refractivity contribution in [3.63, 3.8) is 0 Å². The van der Waals surface area contributed by atoms with E-state index in [0.717, 1.165) is 11.4 Å². The SMILES string of the molecule is CN1c2cccc3cccc(c23)N(C)C1(C)c1ccccc1[N+](=O)[O-]. The molecular weight excluding hydrogens is 314 g/mol. The maximum Gasteiger partial charge on any atom is 0.276 e. The lowest BCUT2D eigenvalue weighted by Gasteiger charge is -2.51. The van der Waals surface area contributed by atoms with E-state index in [1.54, 1.807) is 12.1 Å². The highest BCUT2D eigenvalue weighted by atomic mass is 16.6. The van der Waals surface area contributed by atoms with E-state index in [4.69, 9.17) is 0 Å². The van der Waals surface area contributed by atoms with Gasteiger partial charge in [0.2, 0.25) is 0 Å². The molecule has 0 unspecified atom stereocenters. The molecule has 3 aromatic rings. The van der Waals surface area contributed by atoms with Crippen molar-refractivity contribution in [1.29, 1.82) is 0 Å². The van der Waals surface area contributed by atoms with Crippen LogP contribution in [0.25, 0.3) is 10.8 Å². The van der Waals surface area contributed by atoms with Crippen molar-refractivity contribution in [2.24, 2.45) is 0 Å². The van der Waals surface area contributed by atoms with Gasteiger partial charge < -0.3 is 9.80 Å². The number of para-hydroxylation sites is 1. The highest BCUT2D eigenvalue weighted by Crippen LogP contribution is 2.49. The highest BCUT2D eigenvalue weighted by Gasteiger charge is 2.44. The fourth-order valence-electron chi connectivity index (χ4n) is 3.95. The van der Waals surface area contributed by atoms with E-state index in [1.165, 1.54) is 10.8 Å². The first-order chi connectivity index (χ1) is 12.0. The van der Waals surface area contributed by atoms with Crippen molar-refractivity contribution in [2.45, 2.75) is 12.6 Å². The second-order valence-electron chi connectivity index (χ2n) is 6.57. The van der Waals surface area contributed by atoms with Gasteiger partial charge in [0.1, 0.15) is 5.66 Å². The number of rotatable bonds is 2. The number of nitro groups is 1. The van der Waals surface area contributed by atoms with Crippen LogP contribution in [0.4, 0.5) is 17.1 Å². The summed E-state index contributed by atoms with van der Waals surface area (Å²) < 4.78 is 0. The van der Waals surface area contributed by atoms with Crippen LogP contribution in [-0.4, -0.2) is 19.0 Å². The molecule has 1 heterocycles. The molecule has 25 heavy (non-hydrogen) atoms. The number of anilines is 2. The van der Waals surface area contributed by atoms with Gasteiger partial charge in [-0.05, 0) is 30.5 Å². The molecule has 4 rings (SSSR count). The van der Waals surface area contributed by atoms with E-state index in [-0.39, 0.29) is 10.6 Å². The largest absolute Gasteiger partial charge is 0.347 e. The average Bonchev–Trinajstić information content (AvgIpc) is 2.64. The van der Waals surface area contributed by atoms with Crippen molar-refractivity contribution in [3.05, 3.63) is 76.3 Å². The molecule has 5 heteroatoms. The van der Waals surface area contributed by atoms with Gasteiger partial charge in [-0.25, -0.2) is 0 Å². The van der Waals surface area contributed by atoms with Crippen LogP contribution >= 0.6 is 0 Å². The van der Waals surface area contributed by atoms with Gasteiger partial charge in [-0.2, -0.15) is 0 Å². The summed E-state index contributed by atoms with van der Waals surface area (Å²) in [6.45, 7) is 2.03. The third-order valence-corrected chi connectivity index (χ3v) is 5.50. The Hall–Kier alpha value is -3.08. The quantitative estimate of drug-likeness (QED) is 0.511. The summed E-state index contributed by atoms with van der Waals surface area (Å²) in [7, 11) is 4.00. The molecule has 0 aromatic heterocycles. The number of nitro benzene ring substituents is 1. The van der Waals surface area contributed by atoms with E-state index in [1.807, 2.05) is 45.3 Å². The molecule has 3 aromatic carbocycles. The van der Waals surface area contributed by atoms with Gasteiger partial charge in [-0.3, -0.25) is 10.1 Å². The standard InChI is InChI=1S/C20H19N3O2/c1-20(15-10-4-5-11-16(15)23(24)25)21(2)17-12-6-8-14-9-7-13-18(19(14)17)22(20)3/h4-13H,1-3H3. The van der Waals surface area contributed by atoms with E-state index >= 15 is 0 Å². The van der Waals surface area contributed by atoms with Crippen LogP contribution in [0.15, 0.2) is 60.7 Å². The molecule has 0 saturated heterocycles. The molecule has 0 spiro atoms. The normalized spacial score (nSPS) is 15.5. The average molecular weight is 333 g/mol. The fourth-order valence-corrected chi connectivity index (χ4v) is 3.95. The Morgan fingerprint density at radius 2 is 1.44 bits per heavy atom. The summed E-state index contributed by atoms with van der Waals surface area (Å²) in [5.74, 6) is 0. The van der Waals surface area contributed by atoms with Gasteiger partial charge >= 0.3 is 0 Å². The van der Waals surface area contributed by atoms with Crippen LogP contribution in [0.2, 0.25) is 0 Å². The minimum absolute atomic E-state index is 0.134. The molecule has 0 saturated carbocycles. The summed E-state index contributed by atoms with van der Waals surface area (Å²) >= 11 is 0. The van der Waals surface area contributed by atoms with Crippen LogP contribution in [-0.2, 0) is 5.66 Å². The van der Waals surface area contributed by atoms with Crippen LogP contribution in [0, 0.1) is 10.1 Å². The lowest BCUT2D eigenvalue weighted by Crippen LogP contribution is -2.56. The topological polar surface area (TPSA) is 49.6 Å². The monoisotopic (exact) mass is 333 g/mol. The zero-order valence-corrected chi connectivity index (χ0v) is 14.4. The molecular formula is C20H19N3O2. The van der Waals surface area contributed by atoms with Gasteiger partial charge in [0.15, 0.2) is 0 Å². The predicted octanol–water partition coefficient (Wildman–Crippen LogP) is 4.51. The Kier molecular flexibility index (Phi) is 3.22. The molecule has 5 nitrogen and oxygen atoms in total. The molecule has 0 aliphatic carbocycles. The summed E-state index contributed by atoms with van der Waals surface area (Å²) in [6, 6.07) is 19.4. The number of hydrogen-bond acceptors (Lipinski definition) is 4. The maximum absolute atomic E-state index is 11.6. The Bertz CT molecular complexity index is 954. The van der Waals surface area contributed by atoms with Crippen LogP contribution in [0.1, 0.15) is 12.5 Å². The first-order valence-electron chi connectivity index (χ1n) is 8.19. The zero-order chi connectivity index (χ0) is 17.8. The maximum atomic E-state index is 11.6. The number of benzene rings is 3. The second-order valence-corrected chi connectivity index (χ2v) is 6.57. The molecule has 126 valence electrons. The van der Waals surface area contributed by atoms with Crippen molar-refractivity contribution in [1.82, 2.24) is 0 Å². The van der Waals surface area contributed by atoms with Crippen molar-refractivity contribution < 1.29 is 4.92 Å². The molecule has 0 amide bonds. The third-order valence-electron chi connectivity index (χ3n) is 5.50. The van der Waals surface area contributed by atoms with E-state index in [9.17, 15) is 10.1 Å². The Balaban J connectivity index is 2.04. The molecule has 0 radical (unpaired) electrons. The third kappa shape index (κ3) is 1.95. The van der Waals surface area contributed by atoms with Crippen molar-refractivity contribution in [3.8, 4) is 0 Å². The van der Waals surface area contributed by atoms with E-state index in [0.29, 0.717) is 5.56 Å². The Labute approximate surface area is 146 Å². The highest BCUT2D eigenvalue weighted by molar-refractivity contribution is 6.06. The van der Waals surface area contributed by atoms with Crippen molar-refractivity contribution >= 4 is 27.8 Å². The minimum Gasteiger partial charge on any atom is -0.347 e. The van der Waals surface area contributed by atoms with Gasteiger partial charge in [-0.1, -0.05) is 36.4 Å². The molecule has 1 aliphatic rings. The lowest BCUT2D eigenvalue weighted by atomic mass is 9.90. The van der Waals surface area contributed by atoms with E-state index < -0.39 is 5.66 Å². The zero-order valence-electron chi connectivity index (χ0n) is 14.4. The molecule has 0 bridgehead atoms. The second kappa shape index (κ2) is 5.21. The summed E-state index contributed by atoms with van der Waals surface area (Å²) in [5.41, 5.74) is 2.29. The fraction of sp³-hybridized carbons (Fsp3) is 0.200. The smallest absolute Gasteiger partial charge is 0.276 e. The van der Waals surface area contributed by atoms with Crippen LogP contribution < -0.4 is 9.80 Å². The number of hydrogen-bond donors (Lipinski definition) is 0. The first-order valence-corrected chi connectivity index (χ1v) is 8.19. The van der Waals surface area contributed by atoms with Gasteiger partial charge in [0.25, 0.3) is 5.69 Å². The lowest BCUT2D eigenvalue weighted by molar-refractivity contribution is -0.386. The first kappa shape index (κ1) is 15.4. The molecule has 0 fully saturated rings. The van der Waals surface area contributed by atoms with Crippen molar-refractivity contribution in [2.75, 3.05) is 23.9 Å². The Morgan fingerprint density at radius 3 is 2.00 bits per heavy atom. The van der Waals surface area contributed by atoms with Crippen LogP contribution in [0.5, 0.6) is 0 Å². The molecule has 1 aliphatic heterocycles. The molecule has 0 atom stereocenters. The summed E-state index contributed by atoms with van der Waals surface area (Å²) in [5, 5.41) is 14.0. The van der Waals surface area contributed by atoms with Gasteiger partial charge in [-0.15, -0.1) is 0 Å². The summed E-state index contributed by atoms with van der Waals surface area (Å²) in [6.07, 6.45) is 0. The van der Waals surface area contributed by atoms with Gasteiger partial charge in [0, 0.05) is 36.9 Å².